The number of anilines is 1. The summed E-state index contributed by atoms with van der Waals surface area (Å²) in [7, 11) is -3.25. The Morgan fingerprint density at radius 1 is 1.17 bits per heavy atom. The summed E-state index contributed by atoms with van der Waals surface area (Å²) >= 11 is 0. The fourth-order valence-corrected chi connectivity index (χ4v) is 3.59. The molecule has 0 aliphatic carbocycles. The summed E-state index contributed by atoms with van der Waals surface area (Å²) in [6, 6.07) is 8.16. The van der Waals surface area contributed by atoms with Gasteiger partial charge >= 0.3 is 5.69 Å². The van der Waals surface area contributed by atoms with Crippen LogP contribution in [0.1, 0.15) is 11.1 Å². The van der Waals surface area contributed by atoms with E-state index in [0.717, 1.165) is 11.1 Å². The average Bonchev–Trinajstić information content (AvgIpc) is 2.76. The van der Waals surface area contributed by atoms with Crippen molar-refractivity contribution >= 4 is 21.3 Å². The molecule has 0 N–H and O–H groups in total. The second-order valence-corrected chi connectivity index (χ2v) is 7.81. The molecule has 2 aromatic rings. The van der Waals surface area contributed by atoms with Crippen LogP contribution in [0.15, 0.2) is 41.4 Å². The lowest BCUT2D eigenvalue weighted by Gasteiger charge is -2.20. The molecule has 8 heteroatoms. The largest absolute Gasteiger partial charge is 0.350 e. The first-order chi connectivity index (χ1) is 11.4. The maximum absolute atomic E-state index is 11.7. The molecule has 1 aromatic heterocycles. The zero-order chi connectivity index (χ0) is 17.3. The van der Waals surface area contributed by atoms with Crippen LogP contribution in [0, 0.1) is 10.1 Å². The molecule has 1 aliphatic rings. The Balaban J connectivity index is 1.90. The van der Waals surface area contributed by atoms with Crippen molar-refractivity contribution in [3.8, 4) is 0 Å². The molecule has 0 saturated heterocycles. The zero-order valence-electron chi connectivity index (χ0n) is 13.2. The third kappa shape index (κ3) is 3.23. The van der Waals surface area contributed by atoms with Gasteiger partial charge in [-0.25, -0.2) is 13.4 Å². The first-order valence-corrected chi connectivity index (χ1v) is 9.41. The molecule has 0 fully saturated rings. The van der Waals surface area contributed by atoms with Crippen LogP contribution in [0.4, 0.5) is 11.5 Å². The Hall–Kier alpha value is -2.48. The number of hydrogen-bond acceptors (Lipinski definition) is 6. The Bertz CT molecular complexity index is 896. The van der Waals surface area contributed by atoms with Crippen molar-refractivity contribution in [1.29, 1.82) is 0 Å². The second kappa shape index (κ2) is 6.20. The van der Waals surface area contributed by atoms with E-state index in [1.165, 1.54) is 12.3 Å². The molecular weight excluding hydrogens is 330 g/mol. The monoisotopic (exact) mass is 347 g/mol. The molecule has 0 amide bonds. The van der Waals surface area contributed by atoms with Gasteiger partial charge in [-0.3, -0.25) is 10.1 Å². The predicted molar refractivity (Wildman–Crippen MR) is 90.1 cm³/mol. The van der Waals surface area contributed by atoms with Crippen molar-refractivity contribution in [3.05, 3.63) is 57.8 Å². The van der Waals surface area contributed by atoms with Crippen LogP contribution in [0.5, 0.6) is 0 Å². The number of fused-ring (bicyclic) bond motifs is 1. The van der Waals surface area contributed by atoms with Gasteiger partial charge in [0, 0.05) is 31.6 Å². The fourth-order valence-electron chi connectivity index (χ4n) is 2.92. The molecule has 24 heavy (non-hydrogen) atoms. The van der Waals surface area contributed by atoms with Gasteiger partial charge in [-0.15, -0.1) is 0 Å². The third-order valence-corrected chi connectivity index (χ3v) is 5.28. The molecule has 1 aliphatic heterocycles. The summed E-state index contributed by atoms with van der Waals surface area (Å²) in [6.45, 7) is 1.15. The lowest BCUT2D eigenvalue weighted by Crippen LogP contribution is -2.27. The molecule has 0 bridgehead atoms. The standard InChI is InChI=1S/C16H17N3O4S/c1-24(22,23)14-5-4-12-6-9-18(10-7-13(12)11-14)16-15(19(20)21)3-2-8-17-16/h2-5,8,11H,6-7,9-10H2,1H3. The minimum atomic E-state index is -3.25. The Morgan fingerprint density at radius 3 is 2.54 bits per heavy atom. The lowest BCUT2D eigenvalue weighted by atomic mass is 10.0. The third-order valence-electron chi connectivity index (χ3n) is 4.17. The van der Waals surface area contributed by atoms with E-state index in [1.54, 1.807) is 24.4 Å². The summed E-state index contributed by atoms with van der Waals surface area (Å²) in [5, 5.41) is 11.2. The van der Waals surface area contributed by atoms with Gasteiger partial charge in [-0.2, -0.15) is 0 Å². The van der Waals surface area contributed by atoms with E-state index in [0.29, 0.717) is 36.6 Å². The first-order valence-electron chi connectivity index (χ1n) is 7.52. The maximum atomic E-state index is 11.7. The van der Waals surface area contributed by atoms with Gasteiger partial charge in [0.05, 0.1) is 9.82 Å². The number of nitro groups is 1. The van der Waals surface area contributed by atoms with Gasteiger partial charge in [-0.05, 0) is 42.2 Å². The topological polar surface area (TPSA) is 93.4 Å². The Kier molecular flexibility index (Phi) is 4.23. The van der Waals surface area contributed by atoms with Crippen molar-refractivity contribution < 1.29 is 13.3 Å². The van der Waals surface area contributed by atoms with E-state index in [2.05, 4.69) is 4.98 Å². The zero-order valence-corrected chi connectivity index (χ0v) is 14.0. The molecule has 3 rings (SSSR count). The summed E-state index contributed by atoms with van der Waals surface area (Å²) in [5.74, 6) is 0.360. The normalized spacial score (nSPS) is 14.8. The molecule has 0 saturated carbocycles. The summed E-state index contributed by atoms with van der Waals surface area (Å²) < 4.78 is 23.4. The lowest BCUT2D eigenvalue weighted by molar-refractivity contribution is -0.384. The van der Waals surface area contributed by atoms with Crippen LogP contribution in [-0.4, -0.2) is 37.7 Å². The number of nitrogens with zero attached hydrogens (tertiary/aromatic N) is 3. The van der Waals surface area contributed by atoms with Gasteiger partial charge in [0.25, 0.3) is 0 Å². The van der Waals surface area contributed by atoms with Crippen molar-refractivity contribution in [2.75, 3.05) is 24.2 Å². The number of benzene rings is 1. The predicted octanol–water partition coefficient (Wildman–Crippen LogP) is 2.00. The SMILES string of the molecule is CS(=O)(=O)c1ccc2c(c1)CCN(c1ncccc1[N+](=O)[O-])CC2. The van der Waals surface area contributed by atoms with E-state index in [1.807, 2.05) is 11.0 Å². The van der Waals surface area contributed by atoms with E-state index in [9.17, 15) is 18.5 Å². The van der Waals surface area contributed by atoms with Crippen LogP contribution < -0.4 is 4.90 Å². The summed E-state index contributed by atoms with van der Waals surface area (Å²) in [5.41, 5.74) is 2.03. The van der Waals surface area contributed by atoms with Gasteiger partial charge in [0.1, 0.15) is 0 Å². The van der Waals surface area contributed by atoms with E-state index in [4.69, 9.17) is 0 Å². The van der Waals surface area contributed by atoms with E-state index < -0.39 is 14.8 Å². The highest BCUT2D eigenvalue weighted by atomic mass is 32.2. The second-order valence-electron chi connectivity index (χ2n) is 5.79. The highest BCUT2D eigenvalue weighted by Crippen LogP contribution is 2.28. The maximum Gasteiger partial charge on any atom is 0.311 e. The van der Waals surface area contributed by atoms with Crippen LogP contribution in [0.25, 0.3) is 0 Å². The van der Waals surface area contributed by atoms with Crippen molar-refractivity contribution in [1.82, 2.24) is 4.98 Å². The van der Waals surface area contributed by atoms with Gasteiger partial charge in [0.15, 0.2) is 9.84 Å². The van der Waals surface area contributed by atoms with Crippen LogP contribution in [0.3, 0.4) is 0 Å². The smallest absolute Gasteiger partial charge is 0.311 e. The van der Waals surface area contributed by atoms with Crippen LogP contribution in [0.2, 0.25) is 0 Å². The molecule has 2 heterocycles. The number of hydrogen-bond donors (Lipinski definition) is 0. The van der Waals surface area contributed by atoms with Gasteiger partial charge in [0.2, 0.25) is 5.82 Å². The fraction of sp³-hybridized carbons (Fsp3) is 0.312. The highest BCUT2D eigenvalue weighted by Gasteiger charge is 2.23. The minimum Gasteiger partial charge on any atom is -0.350 e. The number of sulfone groups is 1. The van der Waals surface area contributed by atoms with Crippen LogP contribution >= 0.6 is 0 Å². The molecule has 0 radical (unpaired) electrons. The number of aromatic nitrogens is 1. The first kappa shape index (κ1) is 16.4. The Morgan fingerprint density at radius 2 is 1.88 bits per heavy atom. The van der Waals surface area contributed by atoms with Gasteiger partial charge in [-0.1, -0.05) is 6.07 Å². The molecule has 0 spiro atoms. The molecule has 0 unspecified atom stereocenters. The van der Waals surface area contributed by atoms with Crippen molar-refractivity contribution in [3.63, 3.8) is 0 Å². The molecule has 1 aromatic carbocycles. The summed E-state index contributed by atoms with van der Waals surface area (Å²) in [4.78, 5) is 17.1. The van der Waals surface area contributed by atoms with E-state index >= 15 is 0 Å². The van der Waals surface area contributed by atoms with Crippen LogP contribution in [-0.2, 0) is 22.7 Å². The average molecular weight is 347 g/mol. The minimum absolute atomic E-state index is 0.0136. The number of pyridine rings is 1. The molecular formula is C16H17N3O4S. The quantitative estimate of drug-likeness (QED) is 0.623. The van der Waals surface area contributed by atoms with Crippen molar-refractivity contribution in [2.45, 2.75) is 17.7 Å². The molecule has 7 nitrogen and oxygen atoms in total. The van der Waals surface area contributed by atoms with E-state index in [-0.39, 0.29) is 5.69 Å². The number of rotatable bonds is 3. The summed E-state index contributed by atoms with van der Waals surface area (Å²) in [6.07, 6.45) is 4.04. The Labute approximate surface area is 140 Å². The van der Waals surface area contributed by atoms with Gasteiger partial charge < -0.3 is 4.90 Å². The molecule has 126 valence electrons. The highest BCUT2D eigenvalue weighted by molar-refractivity contribution is 7.90. The van der Waals surface area contributed by atoms with Crippen molar-refractivity contribution in [2.24, 2.45) is 0 Å². The molecule has 0 atom stereocenters.